The van der Waals surface area contributed by atoms with Crippen molar-refractivity contribution in [3.63, 3.8) is 0 Å². The van der Waals surface area contributed by atoms with Gasteiger partial charge in [-0.2, -0.15) is 0 Å². The fourth-order valence-corrected chi connectivity index (χ4v) is 2.47. The molecule has 96 valence electrons. The second-order valence-electron chi connectivity index (χ2n) is 4.31. The molecule has 0 saturated carbocycles. The third-order valence-corrected chi connectivity index (χ3v) is 4.05. The molecule has 0 heterocycles. The summed E-state index contributed by atoms with van der Waals surface area (Å²) in [4.78, 5) is 0. The molecule has 1 aromatic carbocycles. The smallest absolute Gasteiger partial charge is 0.119 e. The quantitative estimate of drug-likeness (QED) is 0.866. The summed E-state index contributed by atoms with van der Waals surface area (Å²) >= 11 is 3.51. The van der Waals surface area contributed by atoms with Crippen LogP contribution in [-0.2, 0) is 6.42 Å². The van der Waals surface area contributed by atoms with Crippen molar-refractivity contribution < 1.29 is 9.84 Å². The van der Waals surface area contributed by atoms with Crippen LogP contribution < -0.4 is 4.74 Å². The molecule has 1 aromatic rings. The summed E-state index contributed by atoms with van der Waals surface area (Å²) in [6.45, 7) is 4.25. The molecule has 1 unspecified atom stereocenters. The summed E-state index contributed by atoms with van der Waals surface area (Å²) in [5, 5.41) is 10.2. The van der Waals surface area contributed by atoms with E-state index in [2.05, 4.69) is 29.8 Å². The minimum Gasteiger partial charge on any atom is -0.497 e. The molecular formula is C14H21BrO2. The number of benzene rings is 1. The van der Waals surface area contributed by atoms with Crippen LogP contribution in [0, 0.1) is 5.92 Å². The van der Waals surface area contributed by atoms with Gasteiger partial charge < -0.3 is 9.84 Å². The second kappa shape index (κ2) is 7.02. The third kappa shape index (κ3) is 4.00. The summed E-state index contributed by atoms with van der Waals surface area (Å²) in [7, 11) is 1.66. The summed E-state index contributed by atoms with van der Waals surface area (Å²) in [6, 6.07) is 5.86. The first-order valence-electron chi connectivity index (χ1n) is 6.12. The van der Waals surface area contributed by atoms with Crippen molar-refractivity contribution in [1.29, 1.82) is 0 Å². The fraction of sp³-hybridized carbons (Fsp3) is 0.571. The van der Waals surface area contributed by atoms with E-state index in [4.69, 9.17) is 4.74 Å². The molecule has 17 heavy (non-hydrogen) atoms. The molecule has 0 spiro atoms. The molecule has 0 bridgehead atoms. The Hall–Kier alpha value is -0.540. The van der Waals surface area contributed by atoms with Crippen molar-refractivity contribution >= 4 is 15.9 Å². The van der Waals surface area contributed by atoms with Crippen LogP contribution in [0.3, 0.4) is 0 Å². The van der Waals surface area contributed by atoms with Crippen molar-refractivity contribution in [1.82, 2.24) is 0 Å². The van der Waals surface area contributed by atoms with E-state index >= 15 is 0 Å². The first kappa shape index (κ1) is 14.5. The van der Waals surface area contributed by atoms with Crippen molar-refractivity contribution in [2.45, 2.75) is 39.2 Å². The molecule has 0 aromatic heterocycles. The SMILES string of the molecule is CCC(CC)C(O)Cc1cc(OC)ccc1Br. The van der Waals surface area contributed by atoms with Crippen molar-refractivity contribution in [3.8, 4) is 5.75 Å². The van der Waals surface area contributed by atoms with Gasteiger partial charge in [-0.05, 0) is 36.1 Å². The van der Waals surface area contributed by atoms with E-state index < -0.39 is 0 Å². The van der Waals surface area contributed by atoms with Crippen LogP contribution in [0.25, 0.3) is 0 Å². The number of rotatable bonds is 6. The van der Waals surface area contributed by atoms with Crippen LogP contribution in [0.5, 0.6) is 5.75 Å². The fourth-order valence-electron chi connectivity index (χ4n) is 2.06. The first-order valence-corrected chi connectivity index (χ1v) is 6.92. The summed E-state index contributed by atoms with van der Waals surface area (Å²) in [5.41, 5.74) is 1.10. The predicted octanol–water partition coefficient (Wildman–Crippen LogP) is 3.80. The zero-order chi connectivity index (χ0) is 12.8. The number of methoxy groups -OCH3 is 1. The highest BCUT2D eigenvalue weighted by Gasteiger charge is 2.17. The lowest BCUT2D eigenvalue weighted by atomic mass is 9.92. The van der Waals surface area contributed by atoms with Gasteiger partial charge in [0.1, 0.15) is 5.75 Å². The number of hydrogen-bond donors (Lipinski definition) is 1. The number of aliphatic hydroxyl groups excluding tert-OH is 1. The van der Waals surface area contributed by atoms with Gasteiger partial charge in [-0.3, -0.25) is 0 Å². The second-order valence-corrected chi connectivity index (χ2v) is 5.16. The lowest BCUT2D eigenvalue weighted by Gasteiger charge is -2.20. The van der Waals surface area contributed by atoms with Crippen LogP contribution in [-0.4, -0.2) is 18.3 Å². The van der Waals surface area contributed by atoms with E-state index in [1.807, 2.05) is 18.2 Å². The number of halogens is 1. The molecule has 3 heteroatoms. The van der Waals surface area contributed by atoms with E-state index in [0.717, 1.165) is 28.6 Å². The minimum atomic E-state index is -0.284. The summed E-state index contributed by atoms with van der Waals surface area (Å²) < 4.78 is 6.23. The molecule has 2 nitrogen and oxygen atoms in total. The Morgan fingerprint density at radius 3 is 2.47 bits per heavy atom. The summed E-state index contributed by atoms with van der Waals surface area (Å²) in [5.74, 6) is 1.20. The Morgan fingerprint density at radius 2 is 1.94 bits per heavy atom. The molecule has 0 amide bonds. The molecule has 0 aliphatic heterocycles. The summed E-state index contributed by atoms with van der Waals surface area (Å²) in [6.07, 6.45) is 2.41. The van der Waals surface area contributed by atoms with Gasteiger partial charge in [0.05, 0.1) is 13.2 Å². The maximum absolute atomic E-state index is 10.2. The minimum absolute atomic E-state index is 0.284. The van der Waals surface area contributed by atoms with Gasteiger partial charge in [0, 0.05) is 4.47 Å². The average molecular weight is 301 g/mol. The van der Waals surface area contributed by atoms with Crippen LogP contribution in [0.15, 0.2) is 22.7 Å². The molecule has 0 fully saturated rings. The van der Waals surface area contributed by atoms with E-state index in [9.17, 15) is 5.11 Å². The highest BCUT2D eigenvalue weighted by atomic mass is 79.9. The Morgan fingerprint density at radius 1 is 1.29 bits per heavy atom. The van der Waals surface area contributed by atoms with Gasteiger partial charge in [-0.15, -0.1) is 0 Å². The lowest BCUT2D eigenvalue weighted by molar-refractivity contribution is 0.103. The van der Waals surface area contributed by atoms with Crippen LogP contribution >= 0.6 is 15.9 Å². The Labute approximate surface area is 112 Å². The average Bonchev–Trinajstić information content (AvgIpc) is 2.33. The number of ether oxygens (including phenoxy) is 1. The van der Waals surface area contributed by atoms with Crippen molar-refractivity contribution in [2.24, 2.45) is 5.92 Å². The maximum Gasteiger partial charge on any atom is 0.119 e. The highest BCUT2D eigenvalue weighted by molar-refractivity contribution is 9.10. The first-order chi connectivity index (χ1) is 8.12. The van der Waals surface area contributed by atoms with Gasteiger partial charge in [0.2, 0.25) is 0 Å². The zero-order valence-electron chi connectivity index (χ0n) is 10.7. The predicted molar refractivity (Wildman–Crippen MR) is 74.5 cm³/mol. The van der Waals surface area contributed by atoms with E-state index in [0.29, 0.717) is 12.3 Å². The topological polar surface area (TPSA) is 29.5 Å². The standard InChI is InChI=1S/C14H21BrO2/c1-4-10(5-2)14(16)9-11-8-12(17-3)6-7-13(11)15/h6-8,10,14,16H,4-5,9H2,1-3H3. The molecule has 0 radical (unpaired) electrons. The van der Waals surface area contributed by atoms with Gasteiger partial charge in [0.25, 0.3) is 0 Å². The molecule has 1 N–H and O–H groups in total. The highest BCUT2D eigenvalue weighted by Crippen LogP contribution is 2.26. The number of aliphatic hydroxyl groups is 1. The van der Waals surface area contributed by atoms with Gasteiger partial charge in [0.15, 0.2) is 0 Å². The van der Waals surface area contributed by atoms with Crippen molar-refractivity contribution in [3.05, 3.63) is 28.2 Å². The van der Waals surface area contributed by atoms with Crippen LogP contribution in [0.4, 0.5) is 0 Å². The normalized spacial score (nSPS) is 12.8. The molecule has 0 aliphatic carbocycles. The van der Waals surface area contributed by atoms with Crippen molar-refractivity contribution in [2.75, 3.05) is 7.11 Å². The molecule has 1 rings (SSSR count). The Bertz CT molecular complexity index is 348. The van der Waals surface area contributed by atoms with Gasteiger partial charge in [-0.25, -0.2) is 0 Å². The monoisotopic (exact) mass is 300 g/mol. The Kier molecular flexibility index (Phi) is 6.00. The van der Waals surface area contributed by atoms with Crippen LogP contribution in [0.1, 0.15) is 32.3 Å². The molecular weight excluding hydrogens is 280 g/mol. The van der Waals surface area contributed by atoms with E-state index in [1.165, 1.54) is 0 Å². The molecule has 0 saturated heterocycles. The van der Waals surface area contributed by atoms with Gasteiger partial charge >= 0.3 is 0 Å². The molecule has 1 atom stereocenters. The van der Waals surface area contributed by atoms with Gasteiger partial charge in [-0.1, -0.05) is 42.6 Å². The van der Waals surface area contributed by atoms with E-state index in [-0.39, 0.29) is 6.10 Å². The number of hydrogen-bond acceptors (Lipinski definition) is 2. The molecule has 0 aliphatic rings. The zero-order valence-corrected chi connectivity index (χ0v) is 12.3. The van der Waals surface area contributed by atoms with Crippen LogP contribution in [0.2, 0.25) is 0 Å². The maximum atomic E-state index is 10.2. The third-order valence-electron chi connectivity index (χ3n) is 3.27. The largest absolute Gasteiger partial charge is 0.497 e. The lowest BCUT2D eigenvalue weighted by Crippen LogP contribution is -2.21. The van der Waals surface area contributed by atoms with E-state index in [1.54, 1.807) is 7.11 Å². The Balaban J connectivity index is 2.79.